The molecule has 1 saturated carbocycles. The Labute approximate surface area is 159 Å². The second-order valence-electron chi connectivity index (χ2n) is 7.54. The molecule has 0 saturated heterocycles. The molecule has 0 radical (unpaired) electrons. The molecule has 148 valence electrons. The first-order valence-corrected chi connectivity index (χ1v) is 11.2. The molecule has 27 heavy (non-hydrogen) atoms. The number of carboxylic acids is 1. The van der Waals surface area contributed by atoms with E-state index in [1.54, 1.807) is 18.2 Å². The molecule has 1 heterocycles. The van der Waals surface area contributed by atoms with Gasteiger partial charge in [-0.05, 0) is 49.4 Å². The highest BCUT2D eigenvalue weighted by molar-refractivity contribution is 7.92. The summed E-state index contributed by atoms with van der Waals surface area (Å²) < 4.78 is 25.3. The third-order valence-corrected chi connectivity index (χ3v) is 6.72. The number of aryl methyl sites for hydroxylation is 1. The van der Waals surface area contributed by atoms with Gasteiger partial charge in [-0.15, -0.1) is 0 Å². The van der Waals surface area contributed by atoms with Gasteiger partial charge in [0.15, 0.2) is 0 Å². The van der Waals surface area contributed by atoms with E-state index in [-0.39, 0.29) is 0 Å². The molecule has 1 aromatic carbocycles. The van der Waals surface area contributed by atoms with Crippen molar-refractivity contribution >= 4 is 27.6 Å². The average molecular weight is 394 g/mol. The van der Waals surface area contributed by atoms with Crippen LogP contribution < -0.4 is 9.62 Å². The van der Waals surface area contributed by atoms with E-state index in [2.05, 4.69) is 5.32 Å². The molecule has 1 aliphatic heterocycles. The van der Waals surface area contributed by atoms with Crippen LogP contribution in [0.25, 0.3) is 0 Å². The molecule has 1 fully saturated rings. The third-order valence-electron chi connectivity index (χ3n) is 5.54. The minimum Gasteiger partial charge on any atom is -0.480 e. The fourth-order valence-electron chi connectivity index (χ4n) is 4.06. The molecule has 1 aliphatic carbocycles. The van der Waals surface area contributed by atoms with Crippen molar-refractivity contribution in [2.45, 2.75) is 56.9 Å². The normalized spacial score (nSPS) is 19.7. The first-order valence-electron chi connectivity index (χ1n) is 9.39. The SMILES string of the molecule is CS(=O)(=O)N1CCCc2cc(C(=O)NC3(C(=O)O)CCCCCC3)ccc21. The molecule has 0 aromatic heterocycles. The third kappa shape index (κ3) is 4.10. The number of sulfonamides is 1. The van der Waals surface area contributed by atoms with Crippen LogP contribution in [-0.4, -0.2) is 43.7 Å². The van der Waals surface area contributed by atoms with Crippen LogP contribution in [0.3, 0.4) is 0 Å². The predicted octanol–water partition coefficient (Wildman–Crippen LogP) is 2.31. The van der Waals surface area contributed by atoms with Crippen LogP contribution in [0.4, 0.5) is 5.69 Å². The monoisotopic (exact) mass is 394 g/mol. The summed E-state index contributed by atoms with van der Waals surface area (Å²) in [5.41, 5.74) is 0.545. The Morgan fingerprint density at radius 2 is 1.78 bits per heavy atom. The summed E-state index contributed by atoms with van der Waals surface area (Å²) >= 11 is 0. The van der Waals surface area contributed by atoms with E-state index in [9.17, 15) is 23.1 Å². The molecule has 2 aliphatic rings. The Kier molecular flexibility index (Phi) is 5.46. The second kappa shape index (κ2) is 7.50. The maximum absolute atomic E-state index is 12.8. The standard InChI is InChI=1S/C19H26N2O5S/c1-27(25,26)21-12-6-7-14-13-15(8-9-16(14)21)17(22)20-19(18(23)24)10-4-2-3-5-11-19/h8-9,13H,2-7,10-12H2,1H3,(H,20,22)(H,23,24). The lowest BCUT2D eigenvalue weighted by Gasteiger charge is -2.31. The fourth-order valence-corrected chi connectivity index (χ4v) is 5.06. The van der Waals surface area contributed by atoms with Crippen LogP contribution in [0.15, 0.2) is 18.2 Å². The van der Waals surface area contributed by atoms with E-state index in [4.69, 9.17) is 0 Å². The van der Waals surface area contributed by atoms with Crippen molar-refractivity contribution < 1.29 is 23.1 Å². The van der Waals surface area contributed by atoms with Gasteiger partial charge in [0.25, 0.3) is 5.91 Å². The van der Waals surface area contributed by atoms with Crippen LogP contribution in [-0.2, 0) is 21.2 Å². The van der Waals surface area contributed by atoms with E-state index < -0.39 is 27.4 Å². The number of amides is 1. The number of hydrogen-bond donors (Lipinski definition) is 2. The van der Waals surface area contributed by atoms with Gasteiger partial charge in [0.05, 0.1) is 11.9 Å². The summed E-state index contributed by atoms with van der Waals surface area (Å²) in [4.78, 5) is 24.7. The van der Waals surface area contributed by atoms with Crippen molar-refractivity contribution in [3.05, 3.63) is 29.3 Å². The van der Waals surface area contributed by atoms with Gasteiger partial charge in [0.2, 0.25) is 10.0 Å². The van der Waals surface area contributed by atoms with Crippen LogP contribution in [0.1, 0.15) is 60.9 Å². The number of nitrogens with one attached hydrogen (secondary N) is 1. The molecular formula is C19H26N2O5S. The van der Waals surface area contributed by atoms with Crippen LogP contribution >= 0.6 is 0 Å². The number of nitrogens with zero attached hydrogens (tertiary/aromatic N) is 1. The highest BCUT2D eigenvalue weighted by Gasteiger charge is 2.40. The van der Waals surface area contributed by atoms with Crippen LogP contribution in [0, 0.1) is 0 Å². The van der Waals surface area contributed by atoms with E-state index in [0.717, 1.165) is 31.2 Å². The lowest BCUT2D eigenvalue weighted by atomic mass is 9.89. The molecule has 0 spiro atoms. The fraction of sp³-hybridized carbons (Fsp3) is 0.579. The number of benzene rings is 1. The summed E-state index contributed by atoms with van der Waals surface area (Å²) in [6.45, 7) is 0.430. The van der Waals surface area contributed by atoms with Crippen LogP contribution in [0.5, 0.6) is 0 Å². The van der Waals surface area contributed by atoms with Gasteiger partial charge >= 0.3 is 5.97 Å². The van der Waals surface area contributed by atoms with Crippen molar-refractivity contribution in [2.75, 3.05) is 17.1 Å². The van der Waals surface area contributed by atoms with E-state index in [1.807, 2.05) is 0 Å². The Bertz CT molecular complexity index is 842. The molecular weight excluding hydrogens is 368 g/mol. The molecule has 3 rings (SSSR count). The summed E-state index contributed by atoms with van der Waals surface area (Å²) in [7, 11) is -3.37. The van der Waals surface area contributed by atoms with Gasteiger partial charge in [0.1, 0.15) is 5.54 Å². The molecule has 0 bridgehead atoms. The van der Waals surface area contributed by atoms with E-state index in [1.165, 1.54) is 10.6 Å². The molecule has 8 heteroatoms. The number of rotatable bonds is 4. The first-order chi connectivity index (χ1) is 12.7. The van der Waals surface area contributed by atoms with Gasteiger partial charge in [-0.3, -0.25) is 9.10 Å². The Hall–Kier alpha value is -2.09. The number of carbonyl (C=O) groups excluding carboxylic acids is 1. The van der Waals surface area contributed by atoms with Gasteiger partial charge in [0, 0.05) is 12.1 Å². The topological polar surface area (TPSA) is 104 Å². The van der Waals surface area contributed by atoms with Crippen molar-refractivity contribution in [2.24, 2.45) is 0 Å². The van der Waals surface area contributed by atoms with E-state index >= 15 is 0 Å². The smallest absolute Gasteiger partial charge is 0.329 e. The van der Waals surface area contributed by atoms with Gasteiger partial charge in [-0.2, -0.15) is 0 Å². The minimum atomic E-state index is -3.37. The zero-order chi connectivity index (χ0) is 19.7. The lowest BCUT2D eigenvalue weighted by molar-refractivity contribution is -0.145. The van der Waals surface area contributed by atoms with Crippen molar-refractivity contribution in [3.8, 4) is 0 Å². The van der Waals surface area contributed by atoms with Crippen molar-refractivity contribution in [3.63, 3.8) is 0 Å². The zero-order valence-electron chi connectivity index (χ0n) is 15.5. The Morgan fingerprint density at radius 3 is 2.37 bits per heavy atom. The molecule has 1 amide bonds. The van der Waals surface area contributed by atoms with Gasteiger partial charge in [-0.1, -0.05) is 25.7 Å². The molecule has 0 atom stereocenters. The van der Waals surface area contributed by atoms with Crippen LogP contribution in [0.2, 0.25) is 0 Å². The number of aliphatic carboxylic acids is 1. The quantitative estimate of drug-likeness (QED) is 0.763. The summed E-state index contributed by atoms with van der Waals surface area (Å²) in [5, 5.41) is 12.5. The maximum atomic E-state index is 12.8. The van der Waals surface area contributed by atoms with E-state index in [0.29, 0.717) is 43.5 Å². The number of carboxylic acid groups (broad SMARTS) is 1. The molecule has 0 unspecified atom stereocenters. The highest BCUT2D eigenvalue weighted by atomic mass is 32.2. The zero-order valence-corrected chi connectivity index (χ0v) is 16.3. The predicted molar refractivity (Wildman–Crippen MR) is 102 cm³/mol. The summed E-state index contributed by atoms with van der Waals surface area (Å²) in [5.74, 6) is -1.41. The number of fused-ring (bicyclic) bond motifs is 1. The van der Waals surface area contributed by atoms with Gasteiger partial charge in [-0.25, -0.2) is 13.2 Å². The lowest BCUT2D eigenvalue weighted by Crippen LogP contribution is -2.54. The molecule has 7 nitrogen and oxygen atoms in total. The first kappa shape index (κ1) is 19.7. The summed E-state index contributed by atoms with van der Waals surface area (Å²) in [6, 6.07) is 4.91. The largest absolute Gasteiger partial charge is 0.480 e. The van der Waals surface area contributed by atoms with Gasteiger partial charge < -0.3 is 10.4 Å². The Morgan fingerprint density at radius 1 is 1.11 bits per heavy atom. The Balaban J connectivity index is 1.86. The minimum absolute atomic E-state index is 0.369. The maximum Gasteiger partial charge on any atom is 0.329 e. The number of carbonyl (C=O) groups is 2. The number of hydrogen-bond acceptors (Lipinski definition) is 4. The molecule has 2 N–H and O–H groups in total. The molecule has 1 aromatic rings. The number of anilines is 1. The summed E-state index contributed by atoms with van der Waals surface area (Å²) in [6.07, 6.45) is 6.92. The second-order valence-corrected chi connectivity index (χ2v) is 9.44. The average Bonchev–Trinajstić information content (AvgIpc) is 2.86. The van der Waals surface area contributed by atoms with Crippen molar-refractivity contribution in [1.82, 2.24) is 5.32 Å². The van der Waals surface area contributed by atoms with Crippen molar-refractivity contribution in [1.29, 1.82) is 0 Å². The highest BCUT2D eigenvalue weighted by Crippen LogP contribution is 2.31.